The van der Waals surface area contributed by atoms with E-state index < -0.39 is 0 Å². The number of nitrogen functional groups attached to an aromatic ring is 1. The summed E-state index contributed by atoms with van der Waals surface area (Å²) in [5, 5.41) is 8.06. The number of anilines is 1. The average molecular weight is 219 g/mol. The Kier molecular flexibility index (Phi) is 3.03. The minimum absolute atomic E-state index is 0.415. The maximum Gasteiger partial charge on any atom is 0.186 e. The molecule has 2 aromatic heterocycles. The first-order valence-corrected chi connectivity index (χ1v) is 5.68. The minimum Gasteiger partial charge on any atom is -0.383 e. The summed E-state index contributed by atoms with van der Waals surface area (Å²) in [6.45, 7) is 4.37. The molecule has 2 aromatic rings. The molecular formula is C11H17N5. The fraction of sp³-hybridized carbons (Fsp3) is 0.545. The summed E-state index contributed by atoms with van der Waals surface area (Å²) in [4.78, 5) is 8.10. The van der Waals surface area contributed by atoms with Gasteiger partial charge in [-0.2, -0.15) is 5.10 Å². The number of aromatic amines is 1. The van der Waals surface area contributed by atoms with E-state index in [1.807, 2.05) is 0 Å². The van der Waals surface area contributed by atoms with Crippen molar-refractivity contribution in [2.75, 3.05) is 5.73 Å². The van der Waals surface area contributed by atoms with E-state index in [1.54, 1.807) is 0 Å². The second-order valence-electron chi connectivity index (χ2n) is 4.14. The fourth-order valence-electron chi connectivity index (χ4n) is 1.91. The number of fused-ring (bicyclic) bond motifs is 1. The normalized spacial score (nSPS) is 13.1. The summed E-state index contributed by atoms with van der Waals surface area (Å²) in [6.07, 6.45) is 4.97. The zero-order valence-electron chi connectivity index (χ0n) is 9.70. The van der Waals surface area contributed by atoms with Crippen LogP contribution >= 0.6 is 0 Å². The van der Waals surface area contributed by atoms with E-state index in [4.69, 9.17) is 5.73 Å². The van der Waals surface area contributed by atoms with Crippen LogP contribution in [-0.2, 0) is 0 Å². The van der Waals surface area contributed by atoms with E-state index in [2.05, 4.69) is 34.0 Å². The summed E-state index contributed by atoms with van der Waals surface area (Å²) in [7, 11) is 0. The van der Waals surface area contributed by atoms with Gasteiger partial charge in [-0.05, 0) is 12.3 Å². The summed E-state index contributed by atoms with van der Waals surface area (Å²) >= 11 is 0. The molecule has 2 heterocycles. The van der Waals surface area contributed by atoms with Crippen molar-refractivity contribution in [1.29, 1.82) is 0 Å². The first-order valence-electron chi connectivity index (χ1n) is 5.68. The average Bonchev–Trinajstić information content (AvgIpc) is 2.71. The van der Waals surface area contributed by atoms with Gasteiger partial charge in [0.05, 0.1) is 11.1 Å². The molecule has 0 saturated heterocycles. The molecule has 0 spiro atoms. The lowest BCUT2D eigenvalue weighted by Crippen LogP contribution is -1.98. The van der Waals surface area contributed by atoms with Gasteiger partial charge in [-0.1, -0.05) is 26.7 Å². The molecule has 0 amide bonds. The Hall–Kier alpha value is -1.65. The van der Waals surface area contributed by atoms with Gasteiger partial charge in [-0.15, -0.1) is 0 Å². The Morgan fingerprint density at radius 1 is 1.44 bits per heavy atom. The first kappa shape index (κ1) is 10.9. The van der Waals surface area contributed by atoms with Gasteiger partial charge in [0, 0.05) is 0 Å². The molecular weight excluding hydrogens is 202 g/mol. The van der Waals surface area contributed by atoms with Crippen LogP contribution in [-0.4, -0.2) is 20.2 Å². The van der Waals surface area contributed by atoms with E-state index >= 15 is 0 Å². The van der Waals surface area contributed by atoms with Crippen molar-refractivity contribution in [3.8, 4) is 0 Å². The van der Waals surface area contributed by atoms with Gasteiger partial charge in [0.25, 0.3) is 0 Å². The summed E-state index contributed by atoms with van der Waals surface area (Å²) in [5.41, 5.74) is 7.57. The number of nitrogens with one attached hydrogen (secondary N) is 1. The van der Waals surface area contributed by atoms with Gasteiger partial charge in [0.1, 0.15) is 12.1 Å². The van der Waals surface area contributed by atoms with E-state index in [0.717, 1.165) is 17.5 Å². The van der Waals surface area contributed by atoms with Gasteiger partial charge in [0.15, 0.2) is 5.65 Å². The van der Waals surface area contributed by atoms with Crippen molar-refractivity contribution in [3.63, 3.8) is 0 Å². The highest BCUT2D eigenvalue weighted by molar-refractivity contribution is 5.87. The molecule has 0 aromatic carbocycles. The van der Waals surface area contributed by atoms with Gasteiger partial charge in [-0.3, -0.25) is 5.10 Å². The van der Waals surface area contributed by atoms with Crippen LogP contribution in [0.2, 0.25) is 0 Å². The second-order valence-corrected chi connectivity index (χ2v) is 4.14. The van der Waals surface area contributed by atoms with Crippen LogP contribution in [0.15, 0.2) is 6.33 Å². The molecule has 2 rings (SSSR count). The molecule has 3 N–H and O–H groups in total. The molecule has 0 bridgehead atoms. The highest BCUT2D eigenvalue weighted by atomic mass is 15.2. The molecule has 86 valence electrons. The van der Waals surface area contributed by atoms with Gasteiger partial charge in [0.2, 0.25) is 0 Å². The van der Waals surface area contributed by atoms with Crippen LogP contribution in [0.5, 0.6) is 0 Å². The van der Waals surface area contributed by atoms with Gasteiger partial charge in [-0.25, -0.2) is 9.97 Å². The third-order valence-electron chi connectivity index (χ3n) is 2.89. The monoisotopic (exact) mass is 219 g/mol. The van der Waals surface area contributed by atoms with E-state index in [9.17, 15) is 0 Å². The summed E-state index contributed by atoms with van der Waals surface area (Å²) < 4.78 is 0. The van der Waals surface area contributed by atoms with Crippen molar-refractivity contribution in [3.05, 3.63) is 12.0 Å². The smallest absolute Gasteiger partial charge is 0.186 e. The first-order chi connectivity index (χ1) is 7.74. The third-order valence-corrected chi connectivity index (χ3v) is 2.89. The van der Waals surface area contributed by atoms with E-state index in [-0.39, 0.29) is 0 Å². The molecule has 0 unspecified atom stereocenters. The zero-order valence-corrected chi connectivity index (χ0v) is 9.70. The minimum atomic E-state index is 0.415. The van der Waals surface area contributed by atoms with Crippen LogP contribution in [0.1, 0.15) is 44.7 Å². The number of hydrogen-bond acceptors (Lipinski definition) is 4. The zero-order chi connectivity index (χ0) is 11.5. The van der Waals surface area contributed by atoms with Crippen LogP contribution in [0.25, 0.3) is 11.0 Å². The Morgan fingerprint density at radius 2 is 2.25 bits per heavy atom. The molecule has 0 aliphatic rings. The van der Waals surface area contributed by atoms with Crippen LogP contribution in [0.3, 0.4) is 0 Å². The predicted molar refractivity (Wildman–Crippen MR) is 64.0 cm³/mol. The van der Waals surface area contributed by atoms with Crippen LogP contribution in [0.4, 0.5) is 5.82 Å². The molecule has 1 atom stereocenters. The Bertz CT molecular complexity index is 476. The largest absolute Gasteiger partial charge is 0.383 e. The Morgan fingerprint density at radius 3 is 3.00 bits per heavy atom. The highest BCUT2D eigenvalue weighted by Crippen LogP contribution is 2.28. The van der Waals surface area contributed by atoms with Gasteiger partial charge < -0.3 is 5.73 Å². The molecule has 5 nitrogen and oxygen atoms in total. The fourth-order valence-corrected chi connectivity index (χ4v) is 1.91. The van der Waals surface area contributed by atoms with E-state index in [0.29, 0.717) is 17.4 Å². The number of aromatic nitrogens is 4. The van der Waals surface area contributed by atoms with Crippen molar-refractivity contribution in [2.45, 2.75) is 39.0 Å². The molecule has 0 aliphatic heterocycles. The third kappa shape index (κ3) is 1.85. The van der Waals surface area contributed by atoms with Crippen molar-refractivity contribution < 1.29 is 0 Å². The lowest BCUT2D eigenvalue weighted by molar-refractivity contribution is 0.612. The number of nitrogens with zero attached hydrogens (tertiary/aromatic N) is 3. The van der Waals surface area contributed by atoms with Crippen LogP contribution in [0, 0.1) is 0 Å². The quantitative estimate of drug-likeness (QED) is 0.826. The molecule has 16 heavy (non-hydrogen) atoms. The number of nitrogens with two attached hydrogens (primary N) is 1. The maximum absolute atomic E-state index is 5.86. The van der Waals surface area contributed by atoms with Gasteiger partial charge >= 0.3 is 0 Å². The summed E-state index contributed by atoms with van der Waals surface area (Å²) in [5.74, 6) is 0.926. The maximum atomic E-state index is 5.86. The predicted octanol–water partition coefficient (Wildman–Crippen LogP) is 2.23. The number of hydrogen-bond donors (Lipinski definition) is 2. The topological polar surface area (TPSA) is 80.5 Å². The van der Waals surface area contributed by atoms with Crippen molar-refractivity contribution in [1.82, 2.24) is 20.2 Å². The number of H-pyrrole nitrogens is 1. The van der Waals surface area contributed by atoms with Crippen LogP contribution < -0.4 is 5.73 Å². The molecule has 0 radical (unpaired) electrons. The van der Waals surface area contributed by atoms with E-state index in [1.165, 1.54) is 19.2 Å². The van der Waals surface area contributed by atoms with Crippen molar-refractivity contribution >= 4 is 16.9 Å². The second kappa shape index (κ2) is 4.47. The number of rotatable bonds is 4. The lowest BCUT2D eigenvalue weighted by atomic mass is 9.99. The SMILES string of the molecule is CCCC[C@H](C)c1[nH]nc2ncnc(N)c12. The summed E-state index contributed by atoms with van der Waals surface area (Å²) in [6, 6.07) is 0. The highest BCUT2D eigenvalue weighted by Gasteiger charge is 2.15. The van der Waals surface area contributed by atoms with Crippen molar-refractivity contribution in [2.24, 2.45) is 0 Å². The molecule has 0 fully saturated rings. The molecule has 0 saturated carbocycles. The lowest BCUT2D eigenvalue weighted by Gasteiger charge is -2.09. The Balaban J connectivity index is 2.37. The molecule has 5 heteroatoms. The Labute approximate surface area is 94.5 Å². The standard InChI is InChI=1S/C11H17N5/c1-3-4-5-7(2)9-8-10(12)13-6-14-11(8)16-15-9/h6-7H,3-5H2,1-2H3,(H3,12,13,14,15,16)/t7-/m0/s1. The number of unbranched alkanes of at least 4 members (excludes halogenated alkanes) is 1. The molecule has 0 aliphatic carbocycles.